The molecule has 1 N–H and O–H groups in total. The van der Waals surface area contributed by atoms with Crippen LogP contribution < -0.4 is 5.56 Å². The third kappa shape index (κ3) is 2.49. The summed E-state index contributed by atoms with van der Waals surface area (Å²) in [6.07, 6.45) is 1.60. The van der Waals surface area contributed by atoms with Gasteiger partial charge in [-0.25, -0.2) is 13.8 Å². The van der Waals surface area contributed by atoms with Gasteiger partial charge in [0.2, 0.25) is 0 Å². The minimum absolute atomic E-state index is 0.107. The van der Waals surface area contributed by atoms with Crippen LogP contribution in [-0.2, 0) is 0 Å². The van der Waals surface area contributed by atoms with Gasteiger partial charge in [-0.3, -0.25) is 4.79 Å². The summed E-state index contributed by atoms with van der Waals surface area (Å²) in [6.45, 7) is 0. The molecule has 1 aromatic carbocycles. The maximum absolute atomic E-state index is 14.2. The molecule has 0 saturated carbocycles. The average molecular weight is 304 g/mol. The van der Waals surface area contributed by atoms with Crippen LogP contribution in [-0.4, -0.2) is 16.2 Å². The van der Waals surface area contributed by atoms with Gasteiger partial charge >= 0.3 is 0 Å². The Morgan fingerprint density at radius 3 is 2.57 bits per heavy atom. The molecule has 0 atom stereocenters. The number of aromatic amines is 1. The fourth-order valence-electron chi connectivity index (χ4n) is 1.69. The third-order valence-electron chi connectivity index (χ3n) is 2.65. The van der Waals surface area contributed by atoms with Gasteiger partial charge in [-0.2, -0.15) is 10.5 Å². The fourth-order valence-corrected chi connectivity index (χ4v) is 2.07. The Balaban J connectivity index is 2.92. The van der Waals surface area contributed by atoms with Gasteiger partial charge in [0.1, 0.15) is 29.2 Å². The summed E-state index contributed by atoms with van der Waals surface area (Å²) in [5.41, 5.74) is -2.79. The second-order valence-corrected chi connectivity index (χ2v) is 4.60. The fraction of sp³-hybridized carbons (Fsp3) is 0.0769. The first kappa shape index (κ1) is 14.7. The van der Waals surface area contributed by atoms with Gasteiger partial charge in [0.25, 0.3) is 5.56 Å². The van der Waals surface area contributed by atoms with Crippen LogP contribution in [0.3, 0.4) is 0 Å². The Hall–Kier alpha value is -2.71. The number of aromatic nitrogens is 2. The minimum atomic E-state index is -1.15. The molecule has 0 unspecified atom stereocenters. The lowest BCUT2D eigenvalue weighted by molar-refractivity contribution is 0.585. The second kappa shape index (κ2) is 5.73. The highest BCUT2D eigenvalue weighted by Crippen LogP contribution is 2.28. The highest BCUT2D eigenvalue weighted by molar-refractivity contribution is 7.98. The smallest absolute Gasteiger partial charge is 0.270 e. The van der Waals surface area contributed by atoms with Gasteiger partial charge in [0.05, 0.1) is 11.1 Å². The topological polar surface area (TPSA) is 93.3 Å². The molecule has 2 aromatic rings. The normalized spacial score (nSPS) is 9.95. The van der Waals surface area contributed by atoms with Crippen LogP contribution in [0.2, 0.25) is 0 Å². The van der Waals surface area contributed by atoms with Crippen molar-refractivity contribution < 1.29 is 8.78 Å². The first-order chi connectivity index (χ1) is 10.0. The zero-order valence-electron chi connectivity index (χ0n) is 10.6. The summed E-state index contributed by atoms with van der Waals surface area (Å²) in [5, 5.41) is 17.9. The number of nitrogens with zero attached hydrogens (tertiary/aromatic N) is 3. The average Bonchev–Trinajstić information content (AvgIpc) is 2.47. The first-order valence-corrected chi connectivity index (χ1v) is 6.72. The van der Waals surface area contributed by atoms with Crippen LogP contribution in [0.4, 0.5) is 8.78 Å². The maximum Gasteiger partial charge on any atom is 0.270 e. The van der Waals surface area contributed by atoms with Crippen molar-refractivity contribution in [3.63, 3.8) is 0 Å². The van der Waals surface area contributed by atoms with E-state index in [1.165, 1.54) is 0 Å². The lowest BCUT2D eigenvalue weighted by atomic mass is 10.0. The van der Waals surface area contributed by atoms with Crippen LogP contribution >= 0.6 is 11.8 Å². The van der Waals surface area contributed by atoms with Crippen LogP contribution in [0, 0.1) is 34.3 Å². The van der Waals surface area contributed by atoms with Crippen molar-refractivity contribution in [2.24, 2.45) is 0 Å². The number of rotatable bonds is 2. The summed E-state index contributed by atoms with van der Waals surface area (Å²) >= 11 is 1.05. The molecular weight excluding hydrogens is 298 g/mol. The third-order valence-corrected chi connectivity index (χ3v) is 3.23. The molecule has 0 amide bonds. The predicted octanol–water partition coefficient (Wildman–Crippen LogP) is 2.18. The molecule has 104 valence electrons. The number of nitrogens with one attached hydrogen (secondary N) is 1. The molecule has 0 aliphatic heterocycles. The van der Waals surface area contributed by atoms with E-state index in [-0.39, 0.29) is 5.16 Å². The molecule has 21 heavy (non-hydrogen) atoms. The maximum atomic E-state index is 14.2. The number of nitriles is 2. The molecular formula is C13H6F2N4OS. The van der Waals surface area contributed by atoms with Gasteiger partial charge in [0, 0.05) is 0 Å². The van der Waals surface area contributed by atoms with Crippen molar-refractivity contribution in [2.75, 3.05) is 6.26 Å². The lowest BCUT2D eigenvalue weighted by Crippen LogP contribution is -2.15. The number of hydrogen-bond donors (Lipinski definition) is 1. The summed E-state index contributed by atoms with van der Waals surface area (Å²) < 4.78 is 28.1. The molecule has 1 heterocycles. The van der Waals surface area contributed by atoms with Crippen LogP contribution in [0.15, 0.2) is 22.1 Å². The van der Waals surface area contributed by atoms with E-state index in [2.05, 4.69) is 9.97 Å². The monoisotopic (exact) mass is 304 g/mol. The number of benzene rings is 1. The van der Waals surface area contributed by atoms with Gasteiger partial charge in [-0.05, 0) is 18.4 Å². The molecule has 0 bridgehead atoms. The van der Waals surface area contributed by atoms with Crippen molar-refractivity contribution in [3.8, 4) is 23.4 Å². The molecule has 0 spiro atoms. The van der Waals surface area contributed by atoms with Crippen molar-refractivity contribution in [1.82, 2.24) is 9.97 Å². The second-order valence-electron chi connectivity index (χ2n) is 3.81. The van der Waals surface area contributed by atoms with Gasteiger partial charge < -0.3 is 4.98 Å². The van der Waals surface area contributed by atoms with Crippen molar-refractivity contribution in [1.29, 1.82) is 10.5 Å². The molecule has 0 fully saturated rings. The Morgan fingerprint density at radius 2 is 2.00 bits per heavy atom. The molecule has 8 heteroatoms. The summed E-state index contributed by atoms with van der Waals surface area (Å²) in [7, 11) is 0. The predicted molar refractivity (Wildman–Crippen MR) is 71.4 cm³/mol. The van der Waals surface area contributed by atoms with Gasteiger partial charge in [-0.1, -0.05) is 11.8 Å². The SMILES string of the molecule is CSc1nc(-c2c(F)ccc(C#N)c2F)c(C#N)c(=O)[nH]1. The van der Waals surface area contributed by atoms with Crippen LogP contribution in [0.5, 0.6) is 0 Å². The quantitative estimate of drug-likeness (QED) is 0.678. The molecule has 0 aliphatic carbocycles. The summed E-state index contributed by atoms with van der Waals surface area (Å²) in [4.78, 5) is 18.0. The number of H-pyrrole nitrogens is 1. The number of thioether (sulfide) groups is 1. The molecule has 5 nitrogen and oxygen atoms in total. The Labute approximate surface area is 121 Å². The highest BCUT2D eigenvalue weighted by atomic mass is 32.2. The zero-order valence-corrected chi connectivity index (χ0v) is 11.4. The van der Waals surface area contributed by atoms with Crippen LogP contribution in [0.25, 0.3) is 11.3 Å². The lowest BCUT2D eigenvalue weighted by Gasteiger charge is -2.08. The zero-order chi connectivity index (χ0) is 15.6. The Kier molecular flexibility index (Phi) is 4.01. The van der Waals surface area contributed by atoms with Crippen LogP contribution in [0.1, 0.15) is 11.1 Å². The van der Waals surface area contributed by atoms with E-state index in [0.29, 0.717) is 0 Å². The summed E-state index contributed by atoms with van der Waals surface area (Å²) in [5.74, 6) is -2.16. The molecule has 0 aliphatic rings. The molecule has 1 aromatic heterocycles. The Bertz CT molecular complexity index is 864. The van der Waals surface area contributed by atoms with E-state index < -0.39 is 39.6 Å². The van der Waals surface area contributed by atoms with E-state index in [1.54, 1.807) is 18.4 Å². The van der Waals surface area contributed by atoms with Gasteiger partial charge in [-0.15, -0.1) is 0 Å². The van der Waals surface area contributed by atoms with E-state index in [1.807, 2.05) is 0 Å². The number of hydrogen-bond acceptors (Lipinski definition) is 5. The van der Waals surface area contributed by atoms with E-state index >= 15 is 0 Å². The summed E-state index contributed by atoms with van der Waals surface area (Å²) in [6, 6.07) is 5.01. The molecule has 2 rings (SSSR count). The van der Waals surface area contributed by atoms with Crippen molar-refractivity contribution in [2.45, 2.75) is 5.16 Å². The largest absolute Gasteiger partial charge is 0.300 e. The van der Waals surface area contributed by atoms with E-state index in [4.69, 9.17) is 10.5 Å². The first-order valence-electron chi connectivity index (χ1n) is 5.50. The van der Waals surface area contributed by atoms with E-state index in [9.17, 15) is 13.6 Å². The highest BCUT2D eigenvalue weighted by Gasteiger charge is 2.22. The number of halogens is 2. The van der Waals surface area contributed by atoms with Crippen molar-refractivity contribution >= 4 is 11.8 Å². The van der Waals surface area contributed by atoms with Crippen molar-refractivity contribution in [3.05, 3.63) is 45.2 Å². The standard InChI is InChI=1S/C13H6F2N4OS/c1-21-13-18-11(7(5-17)12(20)19-13)9-8(14)3-2-6(4-16)10(9)15/h2-3H,1H3,(H,18,19,20). The van der Waals surface area contributed by atoms with Gasteiger partial charge in [0.15, 0.2) is 11.0 Å². The van der Waals surface area contributed by atoms with E-state index in [0.717, 1.165) is 23.9 Å². The minimum Gasteiger partial charge on any atom is -0.300 e. The molecule has 0 radical (unpaired) electrons. The molecule has 0 saturated heterocycles. The Morgan fingerprint density at radius 1 is 1.29 bits per heavy atom.